The van der Waals surface area contributed by atoms with Crippen LogP contribution in [-0.2, 0) is 10.2 Å². The topological polar surface area (TPSA) is 49.8 Å². The number of benzene rings is 1. The van der Waals surface area contributed by atoms with E-state index >= 15 is 0 Å². The van der Waals surface area contributed by atoms with Crippen LogP contribution in [0.2, 0.25) is 0 Å². The highest BCUT2D eigenvalue weighted by molar-refractivity contribution is 5.90. The van der Waals surface area contributed by atoms with Gasteiger partial charge < -0.3 is 14.7 Å². The molecule has 4 heteroatoms. The van der Waals surface area contributed by atoms with E-state index in [0.717, 1.165) is 24.2 Å². The Hall–Kier alpha value is -1.81. The zero-order chi connectivity index (χ0) is 16.0. The fourth-order valence-corrected chi connectivity index (χ4v) is 3.96. The lowest BCUT2D eigenvalue weighted by Gasteiger charge is -2.53. The van der Waals surface area contributed by atoms with Crippen molar-refractivity contribution in [3.63, 3.8) is 0 Å². The third kappa shape index (κ3) is 1.97. The smallest absolute Gasteiger partial charge is 0.259 e. The number of nitrogens with zero attached hydrogens (tertiary/aromatic N) is 1. The molecule has 1 N–H and O–H groups in total. The molecular formula is C18H23NO3. The van der Waals surface area contributed by atoms with Crippen molar-refractivity contribution in [3.8, 4) is 5.75 Å². The highest BCUT2D eigenvalue weighted by atomic mass is 16.5. The summed E-state index contributed by atoms with van der Waals surface area (Å²) in [6.45, 7) is 2.78. The van der Waals surface area contributed by atoms with Crippen LogP contribution in [0.3, 0.4) is 0 Å². The Morgan fingerprint density at radius 3 is 2.91 bits per heavy atom. The normalized spacial score (nSPS) is 34.5. The third-order valence-corrected chi connectivity index (χ3v) is 5.24. The van der Waals surface area contributed by atoms with Crippen LogP contribution in [0.1, 0.15) is 25.3 Å². The van der Waals surface area contributed by atoms with Crippen LogP contribution in [0.4, 0.5) is 0 Å². The number of allylic oxidation sites excluding steroid dienone is 1. The van der Waals surface area contributed by atoms with E-state index in [9.17, 15) is 9.90 Å². The molecule has 0 unspecified atom stereocenters. The summed E-state index contributed by atoms with van der Waals surface area (Å²) in [5, 5.41) is 11.3. The van der Waals surface area contributed by atoms with Crippen molar-refractivity contribution in [3.05, 3.63) is 42.0 Å². The molecule has 1 saturated heterocycles. The molecule has 118 valence electrons. The van der Waals surface area contributed by atoms with Gasteiger partial charge in [-0.2, -0.15) is 0 Å². The SMILES string of the molecule is COc1cccc([C@]23CCN(C)C(=O)[C@]2(O)C=C[C@H](C)C3)c1. The van der Waals surface area contributed by atoms with Crippen LogP contribution >= 0.6 is 0 Å². The van der Waals surface area contributed by atoms with E-state index in [1.165, 1.54) is 0 Å². The molecule has 2 aliphatic rings. The van der Waals surface area contributed by atoms with Crippen molar-refractivity contribution in [2.75, 3.05) is 20.7 Å². The number of amides is 1. The van der Waals surface area contributed by atoms with Crippen LogP contribution in [0, 0.1) is 5.92 Å². The summed E-state index contributed by atoms with van der Waals surface area (Å²) in [5.41, 5.74) is -1.08. The maximum atomic E-state index is 12.7. The first-order chi connectivity index (χ1) is 10.4. The zero-order valence-electron chi connectivity index (χ0n) is 13.4. The van der Waals surface area contributed by atoms with Gasteiger partial charge in [-0.25, -0.2) is 0 Å². The van der Waals surface area contributed by atoms with E-state index < -0.39 is 11.0 Å². The molecule has 1 aliphatic heterocycles. The second kappa shape index (κ2) is 5.13. The van der Waals surface area contributed by atoms with Gasteiger partial charge in [-0.05, 0) is 42.5 Å². The summed E-state index contributed by atoms with van der Waals surface area (Å²) >= 11 is 0. The number of hydrogen-bond acceptors (Lipinski definition) is 3. The number of fused-ring (bicyclic) bond motifs is 1. The van der Waals surface area contributed by atoms with Crippen molar-refractivity contribution >= 4 is 5.91 Å². The van der Waals surface area contributed by atoms with Gasteiger partial charge in [0.25, 0.3) is 5.91 Å². The highest BCUT2D eigenvalue weighted by Crippen LogP contribution is 2.51. The molecule has 1 fully saturated rings. The number of carbonyl (C=O) groups is 1. The van der Waals surface area contributed by atoms with Crippen LogP contribution in [0.25, 0.3) is 0 Å². The van der Waals surface area contributed by atoms with Gasteiger partial charge in [0, 0.05) is 19.0 Å². The molecule has 0 spiro atoms. The van der Waals surface area contributed by atoms with Crippen LogP contribution < -0.4 is 4.74 Å². The van der Waals surface area contributed by atoms with E-state index in [2.05, 4.69) is 6.92 Å². The Bertz CT molecular complexity index is 627. The Balaban J connectivity index is 2.18. The fraction of sp³-hybridized carbons (Fsp3) is 0.500. The van der Waals surface area contributed by atoms with Crippen molar-refractivity contribution < 1.29 is 14.6 Å². The van der Waals surface area contributed by atoms with Gasteiger partial charge in [-0.1, -0.05) is 25.1 Å². The van der Waals surface area contributed by atoms with E-state index in [0.29, 0.717) is 12.5 Å². The minimum atomic E-state index is -1.47. The number of methoxy groups -OCH3 is 1. The Morgan fingerprint density at radius 1 is 1.41 bits per heavy atom. The quantitative estimate of drug-likeness (QED) is 0.851. The van der Waals surface area contributed by atoms with Crippen molar-refractivity contribution in [1.82, 2.24) is 4.90 Å². The van der Waals surface area contributed by atoms with Crippen LogP contribution in [0.5, 0.6) is 5.75 Å². The highest BCUT2D eigenvalue weighted by Gasteiger charge is 2.59. The summed E-state index contributed by atoms with van der Waals surface area (Å²) in [7, 11) is 3.38. The summed E-state index contributed by atoms with van der Waals surface area (Å²) in [4.78, 5) is 14.3. The lowest BCUT2D eigenvalue weighted by molar-refractivity contribution is -0.161. The minimum absolute atomic E-state index is 0.218. The second-order valence-corrected chi connectivity index (χ2v) is 6.60. The molecule has 1 aliphatic carbocycles. The standard InChI is InChI=1S/C18H23NO3/c1-13-7-8-18(21)16(20)19(2)10-9-17(18,12-13)14-5-4-6-15(11-14)22-3/h4-8,11,13,21H,9-10,12H2,1-3H3/t13-,17+,18+/m0/s1. The number of piperidine rings is 1. The maximum absolute atomic E-state index is 12.7. The van der Waals surface area contributed by atoms with E-state index in [4.69, 9.17) is 4.74 Å². The molecule has 1 aromatic carbocycles. The van der Waals surface area contributed by atoms with E-state index in [-0.39, 0.29) is 5.91 Å². The lowest BCUT2D eigenvalue weighted by Crippen LogP contribution is -2.66. The van der Waals surface area contributed by atoms with Gasteiger partial charge in [0.05, 0.1) is 7.11 Å². The summed E-state index contributed by atoms with van der Waals surface area (Å²) in [6.07, 6.45) is 5.16. The number of aliphatic hydroxyl groups is 1. The number of likely N-dealkylation sites (tertiary alicyclic amines) is 1. The Kier molecular flexibility index (Phi) is 3.52. The van der Waals surface area contributed by atoms with Gasteiger partial charge in [-0.3, -0.25) is 4.79 Å². The molecule has 4 nitrogen and oxygen atoms in total. The number of rotatable bonds is 2. The fourth-order valence-electron chi connectivity index (χ4n) is 3.96. The van der Waals surface area contributed by atoms with Crippen LogP contribution in [-0.4, -0.2) is 42.2 Å². The van der Waals surface area contributed by atoms with Crippen molar-refractivity contribution in [1.29, 1.82) is 0 Å². The molecular weight excluding hydrogens is 278 g/mol. The Morgan fingerprint density at radius 2 is 2.18 bits per heavy atom. The van der Waals surface area contributed by atoms with Gasteiger partial charge in [0.15, 0.2) is 5.60 Å². The predicted octanol–water partition coefficient (Wildman–Crippen LogP) is 2.12. The number of likely N-dealkylation sites (N-methyl/N-ethyl adjacent to an activating group) is 1. The summed E-state index contributed by atoms with van der Waals surface area (Å²) < 4.78 is 5.33. The van der Waals surface area contributed by atoms with Gasteiger partial charge in [0.1, 0.15) is 5.75 Å². The van der Waals surface area contributed by atoms with Gasteiger partial charge >= 0.3 is 0 Å². The molecule has 1 aromatic rings. The molecule has 3 rings (SSSR count). The molecule has 1 amide bonds. The Labute approximate surface area is 131 Å². The number of hydrogen-bond donors (Lipinski definition) is 1. The molecule has 0 bridgehead atoms. The molecule has 0 aromatic heterocycles. The molecule has 22 heavy (non-hydrogen) atoms. The largest absolute Gasteiger partial charge is 0.497 e. The number of ether oxygens (including phenoxy) is 1. The average molecular weight is 301 g/mol. The summed E-state index contributed by atoms with van der Waals surface area (Å²) in [5.74, 6) is 0.857. The van der Waals surface area contributed by atoms with Gasteiger partial charge in [0.2, 0.25) is 0 Å². The van der Waals surface area contributed by atoms with Gasteiger partial charge in [-0.15, -0.1) is 0 Å². The van der Waals surface area contributed by atoms with E-state index in [1.54, 1.807) is 25.1 Å². The predicted molar refractivity (Wildman–Crippen MR) is 84.8 cm³/mol. The van der Waals surface area contributed by atoms with E-state index in [1.807, 2.05) is 30.3 Å². The third-order valence-electron chi connectivity index (χ3n) is 5.24. The second-order valence-electron chi connectivity index (χ2n) is 6.60. The lowest BCUT2D eigenvalue weighted by atomic mass is 9.56. The number of carbonyl (C=O) groups excluding carboxylic acids is 1. The molecule has 0 radical (unpaired) electrons. The minimum Gasteiger partial charge on any atom is -0.497 e. The first-order valence-corrected chi connectivity index (χ1v) is 7.75. The van der Waals surface area contributed by atoms with Crippen LogP contribution in [0.15, 0.2) is 36.4 Å². The molecule has 3 atom stereocenters. The maximum Gasteiger partial charge on any atom is 0.259 e. The first kappa shape index (κ1) is 15.1. The zero-order valence-corrected chi connectivity index (χ0v) is 13.4. The monoisotopic (exact) mass is 301 g/mol. The summed E-state index contributed by atoms with van der Waals surface area (Å²) in [6, 6.07) is 7.76. The van der Waals surface area contributed by atoms with Crippen molar-refractivity contribution in [2.45, 2.75) is 30.8 Å². The first-order valence-electron chi connectivity index (χ1n) is 7.75. The average Bonchev–Trinajstić information content (AvgIpc) is 2.53. The molecule has 0 saturated carbocycles. The van der Waals surface area contributed by atoms with Crippen molar-refractivity contribution in [2.24, 2.45) is 5.92 Å². The molecule has 1 heterocycles.